The summed E-state index contributed by atoms with van der Waals surface area (Å²) >= 11 is 0. The molecule has 1 heterocycles. The highest BCUT2D eigenvalue weighted by Gasteiger charge is 2.42. The van der Waals surface area contributed by atoms with E-state index < -0.39 is 30.7 Å². The van der Waals surface area contributed by atoms with Crippen LogP contribution in [0, 0.1) is 0 Å². The first kappa shape index (κ1) is 15.2. The lowest BCUT2D eigenvalue weighted by molar-refractivity contribution is -0.202. The minimum atomic E-state index is -5.19. The Bertz CT molecular complexity index is 377. The van der Waals surface area contributed by atoms with E-state index in [1.54, 1.807) is 0 Å². The number of carbonyl (C=O) groups is 3. The zero-order chi connectivity index (χ0) is 14.6. The van der Waals surface area contributed by atoms with E-state index in [0.717, 1.165) is 0 Å². The van der Waals surface area contributed by atoms with Crippen molar-refractivity contribution in [2.75, 3.05) is 32.7 Å². The molecule has 10 heteroatoms. The molecule has 0 spiro atoms. The molecule has 108 valence electrons. The second-order valence-electron chi connectivity index (χ2n) is 3.86. The fraction of sp³-hybridized carbons (Fsp3) is 0.667. The number of primary amides is 1. The SMILES string of the molecule is NC(=O)N1CCN(CC(=O)OC(=O)C(F)(F)F)CC1. The Hall–Kier alpha value is -1.84. The van der Waals surface area contributed by atoms with E-state index >= 15 is 0 Å². The number of rotatable bonds is 2. The van der Waals surface area contributed by atoms with Gasteiger partial charge in [0.15, 0.2) is 0 Å². The van der Waals surface area contributed by atoms with E-state index in [-0.39, 0.29) is 26.2 Å². The molecule has 0 aromatic rings. The average Bonchev–Trinajstić information content (AvgIpc) is 2.28. The van der Waals surface area contributed by atoms with Gasteiger partial charge in [-0.25, -0.2) is 9.59 Å². The van der Waals surface area contributed by atoms with Gasteiger partial charge in [-0.15, -0.1) is 0 Å². The number of amides is 2. The summed E-state index contributed by atoms with van der Waals surface area (Å²) in [6, 6.07) is -0.602. The van der Waals surface area contributed by atoms with Gasteiger partial charge in [0.1, 0.15) is 0 Å². The summed E-state index contributed by atoms with van der Waals surface area (Å²) < 4.78 is 39.1. The number of halogens is 3. The molecule has 2 amide bonds. The van der Waals surface area contributed by atoms with Crippen LogP contribution in [-0.2, 0) is 14.3 Å². The predicted molar refractivity (Wildman–Crippen MR) is 54.8 cm³/mol. The standard InChI is InChI=1S/C9H12F3N3O4/c10-9(11,12)7(17)19-6(16)5-14-1-3-15(4-2-14)8(13)18/h1-5H2,(H2,13,18). The normalized spacial score (nSPS) is 17.1. The van der Waals surface area contributed by atoms with E-state index in [1.165, 1.54) is 9.80 Å². The lowest BCUT2D eigenvalue weighted by atomic mass is 10.3. The summed E-state index contributed by atoms with van der Waals surface area (Å²) in [6.07, 6.45) is -5.19. The van der Waals surface area contributed by atoms with Gasteiger partial charge in [0, 0.05) is 26.2 Å². The van der Waals surface area contributed by atoms with Crippen LogP contribution in [-0.4, -0.2) is 66.7 Å². The monoisotopic (exact) mass is 283 g/mol. The fourth-order valence-corrected chi connectivity index (χ4v) is 1.50. The summed E-state index contributed by atoms with van der Waals surface area (Å²) in [5.41, 5.74) is 5.03. The first-order valence-electron chi connectivity index (χ1n) is 5.28. The van der Waals surface area contributed by atoms with Crippen molar-refractivity contribution in [1.29, 1.82) is 0 Å². The lowest BCUT2D eigenvalue weighted by Crippen LogP contribution is -2.51. The number of hydrogen-bond acceptors (Lipinski definition) is 5. The Morgan fingerprint density at radius 1 is 1.11 bits per heavy atom. The second kappa shape index (κ2) is 5.87. The summed E-state index contributed by atoms with van der Waals surface area (Å²) in [4.78, 5) is 35.1. The van der Waals surface area contributed by atoms with Crippen molar-refractivity contribution < 1.29 is 32.3 Å². The topological polar surface area (TPSA) is 92.9 Å². The van der Waals surface area contributed by atoms with Gasteiger partial charge in [0.25, 0.3) is 0 Å². The van der Waals surface area contributed by atoms with E-state index in [2.05, 4.69) is 4.74 Å². The maximum Gasteiger partial charge on any atom is 0.491 e. The highest BCUT2D eigenvalue weighted by Crippen LogP contribution is 2.16. The van der Waals surface area contributed by atoms with Crippen molar-refractivity contribution >= 4 is 18.0 Å². The van der Waals surface area contributed by atoms with Gasteiger partial charge in [0.05, 0.1) is 6.54 Å². The third-order valence-electron chi connectivity index (χ3n) is 2.47. The highest BCUT2D eigenvalue weighted by molar-refractivity contribution is 5.89. The van der Waals surface area contributed by atoms with E-state index in [0.29, 0.717) is 0 Å². The number of carbonyl (C=O) groups excluding carboxylic acids is 3. The van der Waals surface area contributed by atoms with Gasteiger partial charge < -0.3 is 15.4 Å². The molecule has 1 aliphatic heterocycles. The van der Waals surface area contributed by atoms with Crippen molar-refractivity contribution in [3.8, 4) is 0 Å². The molecule has 0 aliphatic carbocycles. The molecule has 0 aromatic heterocycles. The Kier molecular flexibility index (Phi) is 4.70. The average molecular weight is 283 g/mol. The Labute approximate surface area is 106 Å². The molecule has 1 aliphatic rings. The van der Waals surface area contributed by atoms with Crippen LogP contribution >= 0.6 is 0 Å². The molecule has 1 saturated heterocycles. The summed E-state index contributed by atoms with van der Waals surface area (Å²) in [7, 11) is 0. The fourth-order valence-electron chi connectivity index (χ4n) is 1.50. The van der Waals surface area contributed by atoms with Crippen LogP contribution < -0.4 is 5.73 Å². The molecule has 0 aromatic carbocycles. The molecule has 7 nitrogen and oxygen atoms in total. The molecule has 2 N–H and O–H groups in total. The molecule has 19 heavy (non-hydrogen) atoms. The molecule has 0 saturated carbocycles. The minimum absolute atomic E-state index is 0.260. The van der Waals surface area contributed by atoms with Crippen LogP contribution in [0.5, 0.6) is 0 Å². The van der Waals surface area contributed by atoms with Crippen LogP contribution in [0.1, 0.15) is 0 Å². The van der Waals surface area contributed by atoms with Crippen LogP contribution in [0.15, 0.2) is 0 Å². The minimum Gasteiger partial charge on any atom is -0.385 e. The Balaban J connectivity index is 2.35. The maximum atomic E-state index is 11.8. The maximum absolute atomic E-state index is 11.8. The van der Waals surface area contributed by atoms with Gasteiger partial charge >= 0.3 is 24.1 Å². The third kappa shape index (κ3) is 4.73. The van der Waals surface area contributed by atoms with Crippen LogP contribution in [0.4, 0.5) is 18.0 Å². The molecule has 0 atom stereocenters. The number of ether oxygens (including phenoxy) is 1. The number of urea groups is 1. The largest absolute Gasteiger partial charge is 0.491 e. The van der Waals surface area contributed by atoms with Crippen LogP contribution in [0.25, 0.3) is 0 Å². The van der Waals surface area contributed by atoms with Crippen molar-refractivity contribution in [3.05, 3.63) is 0 Å². The zero-order valence-electron chi connectivity index (χ0n) is 9.77. The van der Waals surface area contributed by atoms with Gasteiger partial charge in [-0.3, -0.25) is 9.69 Å². The van der Waals surface area contributed by atoms with Crippen molar-refractivity contribution in [2.45, 2.75) is 6.18 Å². The van der Waals surface area contributed by atoms with Gasteiger partial charge in [-0.2, -0.15) is 13.2 Å². The molecule has 1 fully saturated rings. The number of nitrogens with zero attached hydrogens (tertiary/aromatic N) is 2. The number of hydrogen-bond donors (Lipinski definition) is 1. The first-order valence-corrected chi connectivity index (χ1v) is 5.28. The summed E-state index contributed by atoms with van der Waals surface area (Å²) in [6.45, 7) is 0.594. The molecule has 0 radical (unpaired) electrons. The number of nitrogens with two attached hydrogens (primary N) is 1. The summed E-state index contributed by atoms with van der Waals surface area (Å²) in [5, 5.41) is 0. The van der Waals surface area contributed by atoms with Crippen molar-refractivity contribution in [3.63, 3.8) is 0 Å². The van der Waals surface area contributed by atoms with Gasteiger partial charge in [-0.05, 0) is 0 Å². The Morgan fingerprint density at radius 2 is 1.63 bits per heavy atom. The number of piperazine rings is 1. The first-order chi connectivity index (χ1) is 8.70. The second-order valence-corrected chi connectivity index (χ2v) is 3.86. The molecular formula is C9H12F3N3O4. The molecule has 1 rings (SSSR count). The third-order valence-corrected chi connectivity index (χ3v) is 2.47. The van der Waals surface area contributed by atoms with Crippen molar-refractivity contribution in [1.82, 2.24) is 9.80 Å². The van der Waals surface area contributed by atoms with E-state index in [4.69, 9.17) is 5.73 Å². The molecular weight excluding hydrogens is 271 g/mol. The van der Waals surface area contributed by atoms with Crippen molar-refractivity contribution in [2.24, 2.45) is 5.73 Å². The predicted octanol–water partition coefficient (Wildman–Crippen LogP) is -0.685. The van der Waals surface area contributed by atoms with Crippen LogP contribution in [0.3, 0.4) is 0 Å². The molecule has 0 unspecified atom stereocenters. The molecule has 0 bridgehead atoms. The zero-order valence-corrected chi connectivity index (χ0v) is 9.77. The highest BCUT2D eigenvalue weighted by atomic mass is 19.4. The van der Waals surface area contributed by atoms with Gasteiger partial charge in [-0.1, -0.05) is 0 Å². The summed E-state index contributed by atoms with van der Waals surface area (Å²) in [5.74, 6) is -3.82. The smallest absolute Gasteiger partial charge is 0.385 e. The quantitative estimate of drug-likeness (QED) is 0.535. The Morgan fingerprint density at radius 3 is 2.05 bits per heavy atom. The number of alkyl halides is 3. The van der Waals surface area contributed by atoms with E-state index in [9.17, 15) is 27.6 Å². The van der Waals surface area contributed by atoms with Crippen LogP contribution in [0.2, 0.25) is 0 Å². The lowest BCUT2D eigenvalue weighted by Gasteiger charge is -2.32. The van der Waals surface area contributed by atoms with E-state index in [1.807, 2.05) is 0 Å². The number of esters is 2. The van der Waals surface area contributed by atoms with Gasteiger partial charge in [0.2, 0.25) is 0 Å².